The summed E-state index contributed by atoms with van der Waals surface area (Å²) < 4.78 is 10.7. The number of benzene rings is 1. The van der Waals surface area contributed by atoms with E-state index in [9.17, 15) is 9.59 Å². The van der Waals surface area contributed by atoms with Crippen molar-refractivity contribution in [2.45, 2.75) is 13.5 Å². The highest BCUT2D eigenvalue weighted by Crippen LogP contribution is 2.31. The Labute approximate surface area is 184 Å². The first-order chi connectivity index (χ1) is 15.1. The summed E-state index contributed by atoms with van der Waals surface area (Å²) >= 11 is 2.73. The topological polar surface area (TPSA) is 98.1 Å². The SMILES string of the molecule is Cc1sc(-c2ccco2)nc1C(=O)OCc1nc2scc(-c3ccccc3)c2c(=O)[nH]1. The van der Waals surface area contributed by atoms with Crippen LogP contribution in [0.2, 0.25) is 0 Å². The molecule has 0 aliphatic carbocycles. The number of aromatic amines is 1. The largest absolute Gasteiger partial charge is 0.462 e. The van der Waals surface area contributed by atoms with Crippen molar-refractivity contribution in [3.63, 3.8) is 0 Å². The monoisotopic (exact) mass is 449 g/mol. The molecule has 0 saturated carbocycles. The minimum Gasteiger partial charge on any atom is -0.462 e. The normalized spacial score (nSPS) is 11.1. The summed E-state index contributed by atoms with van der Waals surface area (Å²) in [7, 11) is 0. The molecule has 0 bridgehead atoms. The number of nitrogens with zero attached hydrogens (tertiary/aromatic N) is 2. The van der Waals surface area contributed by atoms with E-state index in [0.717, 1.165) is 16.0 Å². The van der Waals surface area contributed by atoms with Gasteiger partial charge in [0.2, 0.25) is 0 Å². The Morgan fingerprint density at radius 3 is 2.77 bits per heavy atom. The molecule has 9 heteroatoms. The highest BCUT2D eigenvalue weighted by atomic mass is 32.1. The Balaban J connectivity index is 1.37. The van der Waals surface area contributed by atoms with E-state index in [2.05, 4.69) is 15.0 Å². The van der Waals surface area contributed by atoms with Crippen LogP contribution in [-0.4, -0.2) is 20.9 Å². The molecular formula is C22H15N3O4S2. The second-order valence-electron chi connectivity index (χ2n) is 6.69. The van der Waals surface area contributed by atoms with Crippen LogP contribution in [0.5, 0.6) is 0 Å². The van der Waals surface area contributed by atoms with Gasteiger partial charge in [-0.15, -0.1) is 22.7 Å². The highest BCUT2D eigenvalue weighted by molar-refractivity contribution is 7.17. The third-order valence-corrected chi connectivity index (χ3v) is 6.50. The lowest BCUT2D eigenvalue weighted by molar-refractivity contribution is 0.0455. The number of hydrogen-bond donors (Lipinski definition) is 1. The molecular weight excluding hydrogens is 434 g/mol. The average Bonchev–Trinajstić information content (AvgIpc) is 3.52. The van der Waals surface area contributed by atoms with E-state index in [-0.39, 0.29) is 23.7 Å². The van der Waals surface area contributed by atoms with Crippen LogP contribution in [0.25, 0.3) is 32.1 Å². The molecule has 0 aliphatic rings. The number of fused-ring (bicyclic) bond motifs is 1. The van der Waals surface area contributed by atoms with Gasteiger partial charge in [-0.3, -0.25) is 4.79 Å². The fourth-order valence-electron chi connectivity index (χ4n) is 3.19. The van der Waals surface area contributed by atoms with E-state index >= 15 is 0 Å². The van der Waals surface area contributed by atoms with Gasteiger partial charge in [-0.2, -0.15) is 0 Å². The number of hydrogen-bond acceptors (Lipinski definition) is 8. The van der Waals surface area contributed by atoms with Gasteiger partial charge >= 0.3 is 5.97 Å². The van der Waals surface area contributed by atoms with Crippen LogP contribution in [0.4, 0.5) is 0 Å². The molecule has 0 fully saturated rings. The van der Waals surface area contributed by atoms with Gasteiger partial charge in [0.25, 0.3) is 5.56 Å². The number of thiazole rings is 1. The third kappa shape index (κ3) is 3.69. The number of esters is 1. The number of carbonyl (C=O) groups excluding carboxylic acids is 1. The van der Waals surface area contributed by atoms with Crippen molar-refractivity contribution in [2.75, 3.05) is 0 Å². The Morgan fingerprint density at radius 1 is 1.16 bits per heavy atom. The minimum absolute atomic E-state index is 0.157. The molecule has 4 aromatic heterocycles. The lowest BCUT2D eigenvalue weighted by atomic mass is 10.1. The van der Waals surface area contributed by atoms with Crippen molar-refractivity contribution in [1.82, 2.24) is 15.0 Å². The van der Waals surface area contributed by atoms with Crippen LogP contribution in [0.15, 0.2) is 63.3 Å². The second-order valence-corrected chi connectivity index (χ2v) is 8.75. The smallest absolute Gasteiger partial charge is 0.358 e. The van der Waals surface area contributed by atoms with Crippen molar-refractivity contribution < 1.29 is 13.9 Å². The number of thiophene rings is 1. The number of aromatic nitrogens is 3. The van der Waals surface area contributed by atoms with Gasteiger partial charge in [0.05, 0.1) is 11.6 Å². The summed E-state index contributed by atoms with van der Waals surface area (Å²) in [4.78, 5) is 38.1. The minimum atomic E-state index is -0.578. The van der Waals surface area contributed by atoms with Gasteiger partial charge in [-0.05, 0) is 24.6 Å². The van der Waals surface area contributed by atoms with Crippen molar-refractivity contribution >= 4 is 38.9 Å². The van der Waals surface area contributed by atoms with Crippen molar-refractivity contribution in [3.05, 3.63) is 80.9 Å². The Hall–Kier alpha value is -3.56. The first-order valence-electron chi connectivity index (χ1n) is 9.34. The molecule has 1 N–H and O–H groups in total. The quantitative estimate of drug-likeness (QED) is 0.378. The molecule has 31 heavy (non-hydrogen) atoms. The third-order valence-electron chi connectivity index (χ3n) is 4.64. The van der Waals surface area contributed by atoms with Gasteiger partial charge < -0.3 is 14.1 Å². The number of ether oxygens (including phenoxy) is 1. The maximum atomic E-state index is 12.7. The molecule has 0 atom stereocenters. The maximum absolute atomic E-state index is 12.7. The maximum Gasteiger partial charge on any atom is 0.358 e. The number of carbonyl (C=O) groups is 1. The molecule has 1 aromatic carbocycles. The fourth-order valence-corrected chi connectivity index (χ4v) is 5.02. The second kappa shape index (κ2) is 7.93. The van der Waals surface area contributed by atoms with Crippen molar-refractivity contribution in [2.24, 2.45) is 0 Å². The predicted octanol–water partition coefficient (Wildman–Crippen LogP) is 5.03. The van der Waals surface area contributed by atoms with E-state index in [4.69, 9.17) is 9.15 Å². The van der Waals surface area contributed by atoms with E-state index in [1.54, 1.807) is 25.3 Å². The van der Waals surface area contributed by atoms with Gasteiger partial charge in [0, 0.05) is 15.8 Å². The fraction of sp³-hybridized carbons (Fsp3) is 0.0909. The van der Waals surface area contributed by atoms with Crippen LogP contribution in [-0.2, 0) is 11.3 Å². The average molecular weight is 450 g/mol. The van der Waals surface area contributed by atoms with Crippen molar-refractivity contribution in [1.29, 1.82) is 0 Å². The number of aryl methyl sites for hydroxylation is 1. The zero-order valence-corrected chi connectivity index (χ0v) is 17.9. The first-order valence-corrected chi connectivity index (χ1v) is 11.0. The van der Waals surface area contributed by atoms with E-state index < -0.39 is 5.97 Å². The summed E-state index contributed by atoms with van der Waals surface area (Å²) in [6, 6.07) is 13.2. The molecule has 0 aliphatic heterocycles. The zero-order valence-electron chi connectivity index (χ0n) is 16.2. The number of H-pyrrole nitrogens is 1. The highest BCUT2D eigenvalue weighted by Gasteiger charge is 2.20. The molecule has 0 amide bonds. The summed E-state index contributed by atoms with van der Waals surface area (Å²) in [5, 5.41) is 3.05. The number of rotatable bonds is 5. The molecule has 0 radical (unpaired) electrons. The predicted molar refractivity (Wildman–Crippen MR) is 119 cm³/mol. The molecule has 154 valence electrons. The molecule has 0 unspecified atom stereocenters. The molecule has 4 heterocycles. The summed E-state index contributed by atoms with van der Waals surface area (Å²) in [5.41, 5.74) is 1.75. The van der Waals surface area contributed by atoms with Gasteiger partial charge in [-0.1, -0.05) is 30.3 Å². The standard InChI is InChI=1S/C22H15N3O4S2/c1-12-18(25-20(31-12)15-8-5-9-28-15)22(27)29-10-16-23-19(26)17-14(11-30-21(17)24-16)13-6-3-2-4-7-13/h2-9,11H,10H2,1H3,(H,23,24,26). The van der Waals surface area contributed by atoms with Crippen LogP contribution in [0, 0.1) is 6.92 Å². The number of furan rings is 1. The molecule has 5 aromatic rings. The summed E-state index contributed by atoms with van der Waals surface area (Å²) in [5.74, 6) is 0.299. The Kier molecular flexibility index (Phi) is 4.97. The Morgan fingerprint density at radius 2 is 2.00 bits per heavy atom. The van der Waals surface area contributed by atoms with E-state index in [1.165, 1.54) is 22.7 Å². The van der Waals surface area contributed by atoms with Crippen molar-refractivity contribution in [3.8, 4) is 21.9 Å². The van der Waals surface area contributed by atoms with Crippen LogP contribution in [0.1, 0.15) is 21.2 Å². The lowest BCUT2D eigenvalue weighted by Crippen LogP contribution is -2.14. The molecule has 0 spiro atoms. The molecule has 5 rings (SSSR count). The van der Waals surface area contributed by atoms with Gasteiger partial charge in [0.15, 0.2) is 16.5 Å². The van der Waals surface area contributed by atoms with Crippen LogP contribution < -0.4 is 5.56 Å². The van der Waals surface area contributed by atoms with E-state index in [1.807, 2.05) is 35.7 Å². The summed E-state index contributed by atoms with van der Waals surface area (Å²) in [6.45, 7) is 1.64. The van der Waals surface area contributed by atoms with Crippen LogP contribution in [0.3, 0.4) is 0 Å². The van der Waals surface area contributed by atoms with Crippen LogP contribution >= 0.6 is 22.7 Å². The lowest BCUT2D eigenvalue weighted by Gasteiger charge is -2.04. The zero-order chi connectivity index (χ0) is 21.4. The van der Waals surface area contributed by atoms with E-state index in [0.29, 0.717) is 21.0 Å². The summed E-state index contributed by atoms with van der Waals surface area (Å²) in [6.07, 6.45) is 1.55. The molecule has 7 nitrogen and oxygen atoms in total. The number of nitrogens with one attached hydrogen (secondary N) is 1. The molecule has 0 saturated heterocycles. The first kappa shape index (κ1) is 19.4. The van der Waals surface area contributed by atoms with Gasteiger partial charge in [-0.25, -0.2) is 14.8 Å². The van der Waals surface area contributed by atoms with Gasteiger partial charge in [0.1, 0.15) is 17.3 Å². The Bertz CT molecular complexity index is 1430.